The van der Waals surface area contributed by atoms with Gasteiger partial charge in [0.2, 0.25) is 0 Å². The third kappa shape index (κ3) is 3.50. The summed E-state index contributed by atoms with van der Waals surface area (Å²) < 4.78 is 6.80. The van der Waals surface area contributed by atoms with Crippen LogP contribution >= 0.6 is 0 Å². The predicted molar refractivity (Wildman–Crippen MR) is 47.0 cm³/mol. The summed E-state index contributed by atoms with van der Waals surface area (Å²) in [6.45, 7) is 3.51. The number of nitrogens with one attached hydrogen (secondary N) is 1. The second kappa shape index (κ2) is 5.74. The Balaban J connectivity index is 1.96. The lowest BCUT2D eigenvalue weighted by Gasteiger charge is -2.03. The number of hydrogen-bond acceptors (Lipinski definition) is 3. The molecule has 0 aliphatic carbocycles. The van der Waals surface area contributed by atoms with Crippen LogP contribution in [0.4, 0.5) is 0 Å². The molecule has 0 amide bonds. The van der Waals surface area contributed by atoms with Gasteiger partial charge in [0.05, 0.1) is 13.2 Å². The first-order valence-corrected chi connectivity index (χ1v) is 4.10. The summed E-state index contributed by atoms with van der Waals surface area (Å²) >= 11 is 0. The summed E-state index contributed by atoms with van der Waals surface area (Å²) in [5.74, 6) is 0. The van der Waals surface area contributed by atoms with E-state index in [1.165, 1.54) is 0 Å². The van der Waals surface area contributed by atoms with Crippen molar-refractivity contribution in [3.63, 3.8) is 0 Å². The highest BCUT2D eigenvalue weighted by Crippen LogP contribution is 1.81. The topological polar surface area (TPSA) is 39.1 Å². The monoisotopic (exact) mass is 169 g/mol. The molecule has 1 rings (SSSR count). The van der Waals surface area contributed by atoms with Gasteiger partial charge in [0.25, 0.3) is 0 Å². The first kappa shape index (κ1) is 9.22. The van der Waals surface area contributed by atoms with Crippen molar-refractivity contribution in [3.05, 3.63) is 18.5 Å². The molecule has 4 nitrogen and oxygen atoms in total. The molecule has 0 spiro atoms. The second-order valence-electron chi connectivity index (χ2n) is 2.51. The molecule has 4 heteroatoms. The first-order chi connectivity index (χ1) is 5.93. The van der Waals surface area contributed by atoms with Crippen molar-refractivity contribution >= 4 is 0 Å². The Morgan fingerprint density at radius 1 is 1.50 bits per heavy atom. The quantitative estimate of drug-likeness (QED) is 0.615. The van der Waals surface area contributed by atoms with Crippen LogP contribution < -0.4 is 5.32 Å². The van der Waals surface area contributed by atoms with E-state index in [1.807, 2.05) is 16.9 Å². The molecule has 12 heavy (non-hydrogen) atoms. The number of nitrogens with zero attached hydrogens (tertiary/aromatic N) is 2. The molecule has 1 aromatic rings. The summed E-state index contributed by atoms with van der Waals surface area (Å²) in [5, 5.41) is 7.32. The molecular weight excluding hydrogens is 154 g/mol. The van der Waals surface area contributed by atoms with Crippen LogP contribution in [0.15, 0.2) is 18.5 Å². The van der Waals surface area contributed by atoms with E-state index in [-0.39, 0.29) is 0 Å². The number of ether oxygens (including phenoxy) is 1. The zero-order chi connectivity index (χ0) is 8.65. The first-order valence-electron chi connectivity index (χ1n) is 4.10. The van der Waals surface area contributed by atoms with Crippen LogP contribution in [0.5, 0.6) is 0 Å². The third-order valence-electron chi connectivity index (χ3n) is 1.56. The van der Waals surface area contributed by atoms with Crippen molar-refractivity contribution in [2.45, 2.75) is 6.54 Å². The highest BCUT2D eigenvalue weighted by molar-refractivity contribution is 4.77. The third-order valence-corrected chi connectivity index (χ3v) is 1.56. The molecule has 0 aromatic carbocycles. The van der Waals surface area contributed by atoms with Gasteiger partial charge < -0.3 is 10.1 Å². The molecule has 0 fully saturated rings. The lowest BCUT2D eigenvalue weighted by molar-refractivity contribution is 0.199. The summed E-state index contributed by atoms with van der Waals surface area (Å²) in [4.78, 5) is 0. The van der Waals surface area contributed by atoms with Crippen molar-refractivity contribution in [1.82, 2.24) is 15.1 Å². The summed E-state index contributed by atoms with van der Waals surface area (Å²) in [5.41, 5.74) is 0. The Morgan fingerprint density at radius 2 is 2.42 bits per heavy atom. The average molecular weight is 169 g/mol. The predicted octanol–water partition coefficient (Wildman–Crippen LogP) is 0.119. The maximum Gasteiger partial charge on any atom is 0.0587 e. The van der Waals surface area contributed by atoms with Gasteiger partial charge in [-0.3, -0.25) is 4.68 Å². The zero-order valence-corrected chi connectivity index (χ0v) is 7.36. The van der Waals surface area contributed by atoms with Gasteiger partial charge in [-0.2, -0.15) is 5.10 Å². The van der Waals surface area contributed by atoms with Crippen molar-refractivity contribution < 1.29 is 4.74 Å². The molecular formula is C8H15N3O. The maximum atomic E-state index is 4.89. The lowest BCUT2D eigenvalue weighted by atomic mass is 10.6. The molecule has 1 heterocycles. The lowest BCUT2D eigenvalue weighted by Crippen LogP contribution is -2.23. The van der Waals surface area contributed by atoms with Gasteiger partial charge in [-0.1, -0.05) is 0 Å². The molecule has 0 saturated heterocycles. The minimum atomic E-state index is 0.763. The Morgan fingerprint density at radius 3 is 3.08 bits per heavy atom. The molecule has 1 N–H and O–H groups in total. The van der Waals surface area contributed by atoms with E-state index in [0.717, 1.165) is 26.2 Å². The molecule has 0 radical (unpaired) electrons. The van der Waals surface area contributed by atoms with E-state index in [1.54, 1.807) is 13.3 Å². The van der Waals surface area contributed by atoms with Gasteiger partial charge in [-0.25, -0.2) is 0 Å². The largest absolute Gasteiger partial charge is 0.383 e. The fourth-order valence-electron chi connectivity index (χ4n) is 0.926. The molecule has 0 bridgehead atoms. The van der Waals surface area contributed by atoms with E-state index in [2.05, 4.69) is 10.4 Å². The fourth-order valence-corrected chi connectivity index (χ4v) is 0.926. The molecule has 0 saturated carbocycles. The van der Waals surface area contributed by atoms with Crippen LogP contribution in [0.1, 0.15) is 0 Å². The molecule has 1 aromatic heterocycles. The normalized spacial score (nSPS) is 10.4. The molecule has 0 aliphatic heterocycles. The van der Waals surface area contributed by atoms with Crippen molar-refractivity contribution in [3.8, 4) is 0 Å². The fraction of sp³-hybridized carbons (Fsp3) is 0.625. The SMILES string of the molecule is COCCNCCn1cccn1. The summed E-state index contributed by atoms with van der Waals surface area (Å²) in [6.07, 6.45) is 3.74. The van der Waals surface area contributed by atoms with Gasteiger partial charge in [0, 0.05) is 32.6 Å². The number of methoxy groups -OCH3 is 1. The van der Waals surface area contributed by atoms with Gasteiger partial charge >= 0.3 is 0 Å². The number of hydrogen-bond donors (Lipinski definition) is 1. The second-order valence-corrected chi connectivity index (χ2v) is 2.51. The standard InChI is InChI=1S/C8H15N3O/c1-12-8-5-9-4-7-11-6-2-3-10-11/h2-3,6,9H,4-5,7-8H2,1H3. The Bertz CT molecular complexity index is 186. The van der Waals surface area contributed by atoms with Gasteiger partial charge in [0.1, 0.15) is 0 Å². The highest BCUT2D eigenvalue weighted by Gasteiger charge is 1.89. The molecule has 68 valence electrons. The van der Waals surface area contributed by atoms with E-state index in [0.29, 0.717) is 0 Å². The Kier molecular flexibility index (Phi) is 4.41. The van der Waals surface area contributed by atoms with Crippen LogP contribution in [-0.4, -0.2) is 36.6 Å². The van der Waals surface area contributed by atoms with E-state index in [4.69, 9.17) is 4.74 Å². The highest BCUT2D eigenvalue weighted by atomic mass is 16.5. The minimum absolute atomic E-state index is 0.763. The molecule has 0 atom stereocenters. The van der Waals surface area contributed by atoms with Gasteiger partial charge in [0.15, 0.2) is 0 Å². The van der Waals surface area contributed by atoms with Crippen molar-refractivity contribution in [1.29, 1.82) is 0 Å². The molecule has 0 aliphatic rings. The van der Waals surface area contributed by atoms with E-state index < -0.39 is 0 Å². The number of rotatable bonds is 6. The smallest absolute Gasteiger partial charge is 0.0587 e. The average Bonchev–Trinajstić information content (AvgIpc) is 2.57. The maximum absolute atomic E-state index is 4.89. The van der Waals surface area contributed by atoms with Crippen LogP contribution in [0.3, 0.4) is 0 Å². The summed E-state index contributed by atoms with van der Waals surface area (Å²) in [6, 6.07) is 1.93. The minimum Gasteiger partial charge on any atom is -0.383 e. The summed E-state index contributed by atoms with van der Waals surface area (Å²) in [7, 11) is 1.70. The van der Waals surface area contributed by atoms with Crippen molar-refractivity contribution in [2.24, 2.45) is 0 Å². The van der Waals surface area contributed by atoms with Crippen LogP contribution in [0, 0.1) is 0 Å². The molecule has 0 unspecified atom stereocenters. The van der Waals surface area contributed by atoms with Gasteiger partial charge in [-0.05, 0) is 6.07 Å². The van der Waals surface area contributed by atoms with Gasteiger partial charge in [-0.15, -0.1) is 0 Å². The van der Waals surface area contributed by atoms with Crippen LogP contribution in [-0.2, 0) is 11.3 Å². The Labute approximate surface area is 72.5 Å². The van der Waals surface area contributed by atoms with Crippen molar-refractivity contribution in [2.75, 3.05) is 26.8 Å². The van der Waals surface area contributed by atoms with E-state index in [9.17, 15) is 0 Å². The zero-order valence-electron chi connectivity index (χ0n) is 7.36. The van der Waals surface area contributed by atoms with Crippen LogP contribution in [0.25, 0.3) is 0 Å². The van der Waals surface area contributed by atoms with Crippen LogP contribution in [0.2, 0.25) is 0 Å². The van der Waals surface area contributed by atoms with E-state index >= 15 is 0 Å². The number of aromatic nitrogens is 2. The Hall–Kier alpha value is -0.870.